The second-order valence-electron chi connectivity index (χ2n) is 7.38. The van der Waals surface area contributed by atoms with E-state index in [9.17, 15) is 9.90 Å². The molecule has 0 amide bonds. The van der Waals surface area contributed by atoms with E-state index in [1.54, 1.807) is 19.4 Å². The highest BCUT2D eigenvalue weighted by molar-refractivity contribution is 6.31. The minimum Gasteiger partial charge on any atom is -0.497 e. The maximum absolute atomic E-state index is 12.0. The highest BCUT2D eigenvalue weighted by Gasteiger charge is 2.14. The Balaban J connectivity index is 1.95. The summed E-state index contributed by atoms with van der Waals surface area (Å²) >= 11 is 6.38. The first-order valence-electron chi connectivity index (χ1n) is 10.4. The van der Waals surface area contributed by atoms with Crippen LogP contribution in [0.3, 0.4) is 0 Å². The van der Waals surface area contributed by atoms with Gasteiger partial charge in [0.2, 0.25) is 0 Å². The summed E-state index contributed by atoms with van der Waals surface area (Å²) in [4.78, 5) is 16.6. The average Bonchev–Trinajstić information content (AvgIpc) is 3.14. The van der Waals surface area contributed by atoms with Gasteiger partial charge in [0, 0.05) is 23.4 Å². The van der Waals surface area contributed by atoms with Crippen LogP contribution in [0.25, 0.3) is 6.08 Å². The van der Waals surface area contributed by atoms with Gasteiger partial charge in [-0.2, -0.15) is 0 Å². The highest BCUT2D eigenvalue weighted by atomic mass is 35.5. The number of carboxylic acids is 1. The van der Waals surface area contributed by atoms with Gasteiger partial charge in [-0.05, 0) is 41.8 Å². The first kappa shape index (κ1) is 22.6. The molecule has 3 rings (SSSR count). The summed E-state index contributed by atoms with van der Waals surface area (Å²) in [6, 6.07) is 15.1. The van der Waals surface area contributed by atoms with Crippen LogP contribution in [0.5, 0.6) is 5.75 Å². The zero-order valence-electron chi connectivity index (χ0n) is 17.8. The molecule has 0 radical (unpaired) electrons. The first-order valence-corrected chi connectivity index (χ1v) is 10.7. The molecule has 0 saturated heterocycles. The summed E-state index contributed by atoms with van der Waals surface area (Å²) in [5, 5.41) is 10.5. The van der Waals surface area contributed by atoms with Crippen molar-refractivity contribution in [3.8, 4) is 5.75 Å². The number of hydrogen-bond acceptors (Lipinski definition) is 3. The molecule has 0 spiro atoms. The molecule has 0 bridgehead atoms. The van der Waals surface area contributed by atoms with Crippen LogP contribution in [-0.2, 0) is 24.2 Å². The second-order valence-corrected chi connectivity index (χ2v) is 7.79. The fourth-order valence-corrected chi connectivity index (χ4v) is 3.58. The first-order chi connectivity index (χ1) is 15.0. The quantitative estimate of drug-likeness (QED) is 0.415. The summed E-state index contributed by atoms with van der Waals surface area (Å²) in [6.07, 6.45) is 6.67. The molecule has 1 heterocycles. The highest BCUT2D eigenvalue weighted by Crippen LogP contribution is 2.22. The van der Waals surface area contributed by atoms with Crippen LogP contribution in [0.2, 0.25) is 5.02 Å². The zero-order chi connectivity index (χ0) is 22.2. The Morgan fingerprint density at radius 2 is 1.94 bits per heavy atom. The standard InChI is InChI=1S/C25H27ClN2O3/c1-3-4-9-24-27-16-21(28(24)17-19-7-5-6-8-23(19)26)15-20(25(29)30)14-18-10-12-22(31-2)13-11-18/h5-8,10-13,15-16H,3-4,9,14,17H2,1-2H3,(H,29,30)/b20-15+. The van der Waals surface area contributed by atoms with Crippen molar-refractivity contribution >= 4 is 23.6 Å². The summed E-state index contributed by atoms with van der Waals surface area (Å²) < 4.78 is 7.24. The summed E-state index contributed by atoms with van der Waals surface area (Å²) in [5.41, 5.74) is 2.93. The predicted octanol–water partition coefficient (Wildman–Crippen LogP) is 5.65. The number of nitrogens with zero attached hydrogens (tertiary/aromatic N) is 2. The van der Waals surface area contributed by atoms with E-state index in [1.807, 2.05) is 48.5 Å². The third-order valence-corrected chi connectivity index (χ3v) is 5.53. The number of aryl methyl sites for hydroxylation is 1. The number of benzene rings is 2. The number of halogens is 1. The fourth-order valence-electron chi connectivity index (χ4n) is 3.39. The number of ether oxygens (including phenoxy) is 1. The van der Waals surface area contributed by atoms with Crippen LogP contribution in [-0.4, -0.2) is 27.7 Å². The molecule has 0 aliphatic heterocycles. The van der Waals surface area contributed by atoms with E-state index in [1.165, 1.54) is 0 Å². The van der Waals surface area contributed by atoms with Gasteiger partial charge in [-0.25, -0.2) is 9.78 Å². The van der Waals surface area contributed by atoms with Gasteiger partial charge in [0.1, 0.15) is 11.6 Å². The molecule has 2 aromatic carbocycles. The molecule has 0 atom stereocenters. The zero-order valence-corrected chi connectivity index (χ0v) is 18.6. The van der Waals surface area contributed by atoms with Gasteiger partial charge in [-0.15, -0.1) is 0 Å². The summed E-state index contributed by atoms with van der Waals surface area (Å²) in [5.74, 6) is 0.724. The molecule has 1 aromatic heterocycles. The minimum absolute atomic E-state index is 0.299. The number of imidazole rings is 1. The van der Waals surface area contributed by atoms with Gasteiger partial charge in [0.15, 0.2) is 0 Å². The van der Waals surface area contributed by atoms with Crippen LogP contribution < -0.4 is 4.74 Å². The van der Waals surface area contributed by atoms with Gasteiger partial charge in [-0.3, -0.25) is 0 Å². The van der Waals surface area contributed by atoms with E-state index in [0.29, 0.717) is 23.6 Å². The average molecular weight is 439 g/mol. The molecule has 3 aromatic rings. The molecule has 0 aliphatic rings. The molecular formula is C25H27ClN2O3. The largest absolute Gasteiger partial charge is 0.497 e. The maximum atomic E-state index is 12.0. The van der Waals surface area contributed by atoms with Crippen LogP contribution in [0.15, 0.2) is 60.3 Å². The Bertz CT molecular complexity index is 1050. The normalized spacial score (nSPS) is 11.5. The lowest BCUT2D eigenvalue weighted by Crippen LogP contribution is -2.09. The molecule has 31 heavy (non-hydrogen) atoms. The topological polar surface area (TPSA) is 64.3 Å². The van der Waals surface area contributed by atoms with Crippen molar-refractivity contribution < 1.29 is 14.6 Å². The molecule has 0 aliphatic carbocycles. The van der Waals surface area contributed by atoms with Crippen molar-refractivity contribution in [3.63, 3.8) is 0 Å². The second kappa shape index (κ2) is 10.8. The van der Waals surface area contributed by atoms with Gasteiger partial charge < -0.3 is 14.4 Å². The summed E-state index contributed by atoms with van der Waals surface area (Å²) in [6.45, 7) is 2.68. The molecular weight excluding hydrogens is 412 g/mol. The van der Waals surface area contributed by atoms with Gasteiger partial charge in [0.25, 0.3) is 0 Å². The van der Waals surface area contributed by atoms with E-state index in [0.717, 1.165) is 47.7 Å². The van der Waals surface area contributed by atoms with Crippen molar-refractivity contribution in [3.05, 3.63) is 88.0 Å². The fraction of sp³-hybridized carbons (Fsp3) is 0.280. The summed E-state index contributed by atoms with van der Waals surface area (Å²) in [7, 11) is 1.61. The van der Waals surface area contributed by atoms with Crippen molar-refractivity contribution in [1.29, 1.82) is 0 Å². The Kier molecular flexibility index (Phi) is 7.90. The minimum atomic E-state index is -0.948. The van der Waals surface area contributed by atoms with E-state index < -0.39 is 5.97 Å². The molecule has 162 valence electrons. The number of aliphatic carboxylic acids is 1. The third kappa shape index (κ3) is 5.98. The van der Waals surface area contributed by atoms with Crippen molar-refractivity contribution in [2.24, 2.45) is 0 Å². The lowest BCUT2D eigenvalue weighted by molar-refractivity contribution is -0.132. The Labute approximate surface area is 188 Å². The Morgan fingerprint density at radius 3 is 2.58 bits per heavy atom. The van der Waals surface area contributed by atoms with Gasteiger partial charge >= 0.3 is 5.97 Å². The van der Waals surface area contributed by atoms with Crippen molar-refractivity contribution in [2.75, 3.05) is 7.11 Å². The molecule has 5 nitrogen and oxygen atoms in total. The van der Waals surface area contributed by atoms with Crippen LogP contribution in [0.1, 0.15) is 42.4 Å². The number of carboxylic acid groups (broad SMARTS) is 1. The number of rotatable bonds is 10. The number of carbonyl (C=O) groups is 1. The number of unbranched alkanes of at least 4 members (excludes halogenated alkanes) is 1. The number of methoxy groups -OCH3 is 1. The van der Waals surface area contributed by atoms with E-state index in [4.69, 9.17) is 16.3 Å². The van der Waals surface area contributed by atoms with Crippen molar-refractivity contribution in [2.45, 2.75) is 39.2 Å². The van der Waals surface area contributed by atoms with Gasteiger partial charge in [0.05, 0.1) is 25.5 Å². The third-order valence-electron chi connectivity index (χ3n) is 5.16. The molecule has 0 saturated carbocycles. The predicted molar refractivity (Wildman–Crippen MR) is 124 cm³/mol. The van der Waals surface area contributed by atoms with Crippen LogP contribution in [0, 0.1) is 0 Å². The smallest absolute Gasteiger partial charge is 0.331 e. The number of aromatic nitrogens is 2. The van der Waals surface area contributed by atoms with E-state index >= 15 is 0 Å². The van der Waals surface area contributed by atoms with E-state index in [-0.39, 0.29) is 0 Å². The molecule has 0 fully saturated rings. The molecule has 1 N–H and O–H groups in total. The van der Waals surface area contributed by atoms with Crippen molar-refractivity contribution in [1.82, 2.24) is 9.55 Å². The Hall–Kier alpha value is -3.05. The number of hydrogen-bond donors (Lipinski definition) is 1. The van der Waals surface area contributed by atoms with Gasteiger partial charge in [-0.1, -0.05) is 55.3 Å². The van der Waals surface area contributed by atoms with Crippen LogP contribution in [0.4, 0.5) is 0 Å². The maximum Gasteiger partial charge on any atom is 0.331 e. The Morgan fingerprint density at radius 1 is 1.19 bits per heavy atom. The molecule has 0 unspecified atom stereocenters. The lowest BCUT2D eigenvalue weighted by atomic mass is 10.0. The van der Waals surface area contributed by atoms with Crippen LogP contribution >= 0.6 is 11.6 Å². The lowest BCUT2D eigenvalue weighted by Gasteiger charge is -2.12. The van der Waals surface area contributed by atoms with E-state index in [2.05, 4.69) is 16.5 Å². The monoisotopic (exact) mass is 438 g/mol. The SMILES string of the molecule is CCCCc1ncc(/C=C(\Cc2ccc(OC)cc2)C(=O)O)n1Cc1ccccc1Cl. The molecule has 6 heteroatoms.